The number of hydrogen-bond donors (Lipinski definition) is 1. The molecule has 0 spiro atoms. The second-order valence-corrected chi connectivity index (χ2v) is 2.92. The molecular weight excluding hydrogens is 195 g/mol. The molecule has 0 aliphatic heterocycles. The third-order valence-electron chi connectivity index (χ3n) is 1.74. The van der Waals surface area contributed by atoms with Crippen molar-refractivity contribution in [2.75, 3.05) is 0 Å². The lowest BCUT2D eigenvalue weighted by Crippen LogP contribution is -2.07. The van der Waals surface area contributed by atoms with Crippen molar-refractivity contribution < 1.29 is 9.18 Å². The highest BCUT2D eigenvalue weighted by Crippen LogP contribution is 2.10. The molecule has 1 amide bonds. The predicted octanol–water partition coefficient (Wildman–Crippen LogP) is 1.59. The molecule has 15 heavy (non-hydrogen) atoms. The Morgan fingerprint density at radius 1 is 1.60 bits per heavy atom. The number of amides is 1. The van der Waals surface area contributed by atoms with Crippen LogP contribution in [0.15, 0.2) is 24.3 Å². The largest absolute Gasteiger partial charge is 0.369 e. The van der Waals surface area contributed by atoms with Gasteiger partial charge in [0.2, 0.25) is 5.91 Å². The van der Waals surface area contributed by atoms with E-state index in [1.165, 1.54) is 12.1 Å². The third kappa shape index (κ3) is 3.24. The lowest BCUT2D eigenvalue weighted by Gasteiger charge is -1.95. The molecule has 0 aliphatic rings. The lowest BCUT2D eigenvalue weighted by atomic mass is 10.1. The van der Waals surface area contributed by atoms with Crippen molar-refractivity contribution in [2.45, 2.75) is 6.42 Å². The van der Waals surface area contributed by atoms with Gasteiger partial charge in [0.05, 0.1) is 5.56 Å². The molecule has 0 atom stereocenters. The number of halogens is 1. The number of rotatable bonds is 3. The Morgan fingerprint density at radius 2 is 2.33 bits per heavy atom. The fourth-order valence-electron chi connectivity index (χ4n) is 1.04. The number of carbonyl (C=O) groups excluding carboxylic acids is 1. The second kappa shape index (κ2) is 4.91. The summed E-state index contributed by atoms with van der Waals surface area (Å²) < 4.78 is 13.1. The van der Waals surface area contributed by atoms with E-state index in [0.29, 0.717) is 5.56 Å². The number of nitrogens with two attached hydrogens (primary N) is 1. The molecule has 0 fully saturated rings. The van der Waals surface area contributed by atoms with Crippen LogP contribution in [0, 0.1) is 17.1 Å². The van der Waals surface area contributed by atoms with E-state index in [0.717, 1.165) is 0 Å². The van der Waals surface area contributed by atoms with Gasteiger partial charge in [-0.15, -0.1) is 0 Å². The van der Waals surface area contributed by atoms with Crippen LogP contribution in [0.5, 0.6) is 0 Å². The van der Waals surface area contributed by atoms with Gasteiger partial charge in [-0.05, 0) is 17.7 Å². The Balaban J connectivity index is 2.81. The van der Waals surface area contributed by atoms with Crippen molar-refractivity contribution in [3.63, 3.8) is 0 Å². The minimum atomic E-state index is -0.571. The molecule has 0 unspecified atom stereocenters. The minimum absolute atomic E-state index is 0.00190. The van der Waals surface area contributed by atoms with E-state index in [4.69, 9.17) is 11.0 Å². The van der Waals surface area contributed by atoms with Crippen molar-refractivity contribution in [2.24, 2.45) is 5.73 Å². The van der Waals surface area contributed by atoms with Crippen LogP contribution in [0.2, 0.25) is 0 Å². The maximum absolute atomic E-state index is 13.1. The smallest absolute Gasteiger partial charge is 0.221 e. The molecule has 1 aromatic rings. The number of carbonyl (C=O) groups is 1. The van der Waals surface area contributed by atoms with Gasteiger partial charge in [-0.25, -0.2) is 4.39 Å². The van der Waals surface area contributed by atoms with Crippen molar-refractivity contribution >= 4 is 12.0 Å². The van der Waals surface area contributed by atoms with E-state index in [2.05, 4.69) is 0 Å². The number of nitrogens with zero attached hydrogens (tertiary/aromatic N) is 1. The fourth-order valence-corrected chi connectivity index (χ4v) is 1.04. The third-order valence-corrected chi connectivity index (χ3v) is 1.74. The summed E-state index contributed by atoms with van der Waals surface area (Å²) >= 11 is 0. The highest BCUT2D eigenvalue weighted by Gasteiger charge is 2.00. The topological polar surface area (TPSA) is 66.9 Å². The summed E-state index contributed by atoms with van der Waals surface area (Å²) in [7, 11) is 0. The Bertz CT molecular complexity index is 446. The molecule has 1 aromatic carbocycles. The summed E-state index contributed by atoms with van der Waals surface area (Å²) in [6, 6.07) is 5.94. The Labute approximate surface area is 86.6 Å². The molecule has 0 heterocycles. The first kappa shape index (κ1) is 10.9. The highest BCUT2D eigenvalue weighted by molar-refractivity contribution is 5.76. The monoisotopic (exact) mass is 204 g/mol. The van der Waals surface area contributed by atoms with Crippen LogP contribution in [0.25, 0.3) is 6.08 Å². The number of nitriles is 1. The summed E-state index contributed by atoms with van der Waals surface area (Å²) in [6.07, 6.45) is 3.24. The summed E-state index contributed by atoms with van der Waals surface area (Å²) in [5, 5.41) is 8.49. The maximum atomic E-state index is 13.1. The molecule has 0 radical (unpaired) electrons. The van der Waals surface area contributed by atoms with Crippen molar-refractivity contribution in [1.29, 1.82) is 5.26 Å². The van der Waals surface area contributed by atoms with Crippen LogP contribution in [0.3, 0.4) is 0 Å². The molecule has 0 saturated carbocycles. The molecule has 4 heteroatoms. The van der Waals surface area contributed by atoms with E-state index in [9.17, 15) is 9.18 Å². The van der Waals surface area contributed by atoms with Crippen LogP contribution >= 0.6 is 0 Å². The van der Waals surface area contributed by atoms with Crippen LogP contribution in [0.4, 0.5) is 4.39 Å². The van der Waals surface area contributed by atoms with E-state index in [1.54, 1.807) is 24.3 Å². The number of hydrogen-bond acceptors (Lipinski definition) is 2. The maximum Gasteiger partial charge on any atom is 0.221 e. The van der Waals surface area contributed by atoms with Crippen molar-refractivity contribution in [1.82, 2.24) is 0 Å². The lowest BCUT2D eigenvalue weighted by molar-refractivity contribution is -0.117. The average molecular weight is 204 g/mol. The van der Waals surface area contributed by atoms with E-state index < -0.39 is 11.7 Å². The van der Waals surface area contributed by atoms with Gasteiger partial charge in [-0.3, -0.25) is 4.79 Å². The van der Waals surface area contributed by atoms with Gasteiger partial charge in [0.1, 0.15) is 11.9 Å². The van der Waals surface area contributed by atoms with Gasteiger partial charge < -0.3 is 5.73 Å². The molecule has 0 aliphatic carbocycles. The first-order valence-corrected chi connectivity index (χ1v) is 4.28. The van der Waals surface area contributed by atoms with Crippen LogP contribution in [-0.4, -0.2) is 5.91 Å². The molecule has 0 bridgehead atoms. The highest BCUT2D eigenvalue weighted by atomic mass is 19.1. The molecule has 0 aromatic heterocycles. The van der Waals surface area contributed by atoms with Gasteiger partial charge in [-0.2, -0.15) is 5.26 Å². The van der Waals surface area contributed by atoms with E-state index in [-0.39, 0.29) is 12.0 Å². The minimum Gasteiger partial charge on any atom is -0.369 e. The van der Waals surface area contributed by atoms with Gasteiger partial charge in [0, 0.05) is 6.42 Å². The van der Waals surface area contributed by atoms with Gasteiger partial charge in [-0.1, -0.05) is 18.2 Å². The first-order valence-electron chi connectivity index (χ1n) is 4.28. The molecular formula is C11H9FN2O. The second-order valence-electron chi connectivity index (χ2n) is 2.92. The summed E-state index contributed by atoms with van der Waals surface area (Å²) in [4.78, 5) is 10.4. The van der Waals surface area contributed by atoms with Crippen molar-refractivity contribution in [3.8, 4) is 6.07 Å². The quantitative estimate of drug-likeness (QED) is 0.812. The average Bonchev–Trinajstić information content (AvgIpc) is 2.17. The van der Waals surface area contributed by atoms with Gasteiger partial charge >= 0.3 is 0 Å². The normalized spacial score (nSPS) is 10.1. The van der Waals surface area contributed by atoms with Crippen LogP contribution in [-0.2, 0) is 4.79 Å². The van der Waals surface area contributed by atoms with Crippen LogP contribution < -0.4 is 5.73 Å². The predicted molar refractivity (Wildman–Crippen MR) is 54.0 cm³/mol. The fraction of sp³-hybridized carbons (Fsp3) is 0.0909. The Morgan fingerprint density at radius 3 is 2.87 bits per heavy atom. The SMILES string of the molecule is N#Cc1ccc(C=CCC(N)=O)cc1F. The van der Waals surface area contributed by atoms with Gasteiger partial charge in [0.25, 0.3) is 0 Å². The van der Waals surface area contributed by atoms with E-state index in [1.807, 2.05) is 0 Å². The zero-order valence-corrected chi connectivity index (χ0v) is 7.90. The Kier molecular flexibility index (Phi) is 3.58. The Hall–Kier alpha value is -2.15. The standard InChI is InChI=1S/C11H9FN2O/c12-10-6-8(2-1-3-11(14)15)4-5-9(10)7-13/h1-2,4-6H,3H2,(H2,14,15). The van der Waals surface area contributed by atoms with E-state index >= 15 is 0 Å². The molecule has 1 rings (SSSR count). The number of benzene rings is 1. The van der Waals surface area contributed by atoms with Crippen molar-refractivity contribution in [3.05, 3.63) is 41.2 Å². The molecule has 0 saturated heterocycles. The number of primary amides is 1. The summed E-state index contributed by atoms with van der Waals surface area (Å²) in [5.41, 5.74) is 5.52. The van der Waals surface area contributed by atoms with Gasteiger partial charge in [0.15, 0.2) is 0 Å². The molecule has 2 N–H and O–H groups in total. The summed E-state index contributed by atoms with van der Waals surface area (Å²) in [6.45, 7) is 0. The zero-order chi connectivity index (χ0) is 11.3. The molecule has 3 nitrogen and oxygen atoms in total. The molecule has 76 valence electrons. The zero-order valence-electron chi connectivity index (χ0n) is 7.90. The summed E-state index contributed by atoms with van der Waals surface area (Å²) in [5.74, 6) is -1.01. The van der Waals surface area contributed by atoms with Crippen LogP contribution in [0.1, 0.15) is 17.5 Å². The first-order chi connectivity index (χ1) is 7.13.